The Labute approximate surface area is 120 Å². The van der Waals surface area contributed by atoms with E-state index in [2.05, 4.69) is 11.9 Å². The van der Waals surface area contributed by atoms with Gasteiger partial charge in [-0.3, -0.25) is 0 Å². The number of allylic oxidation sites excluding steroid dienone is 1. The van der Waals surface area contributed by atoms with E-state index in [0.717, 1.165) is 51.4 Å². The van der Waals surface area contributed by atoms with Crippen LogP contribution in [0, 0.1) is 5.92 Å². The van der Waals surface area contributed by atoms with Gasteiger partial charge in [0.25, 0.3) is 0 Å². The molecule has 2 N–H and O–H groups in total. The average molecular weight is 283 g/mol. The summed E-state index contributed by atoms with van der Waals surface area (Å²) in [6, 6.07) is -0.814. The summed E-state index contributed by atoms with van der Waals surface area (Å²) < 4.78 is 5.02. The minimum Gasteiger partial charge on any atom is -0.480 e. The third-order valence-electron chi connectivity index (χ3n) is 3.70. The highest BCUT2D eigenvalue weighted by atomic mass is 16.5. The fourth-order valence-electron chi connectivity index (χ4n) is 2.57. The molecule has 1 fully saturated rings. The average Bonchev–Trinajstić information content (AvgIpc) is 2.93. The van der Waals surface area contributed by atoms with Crippen molar-refractivity contribution >= 4 is 12.1 Å². The second-order valence-corrected chi connectivity index (χ2v) is 5.28. The first-order valence-corrected chi connectivity index (χ1v) is 7.42. The number of carbonyl (C=O) groups excluding carboxylic acids is 1. The van der Waals surface area contributed by atoms with E-state index in [-0.39, 0.29) is 5.92 Å². The van der Waals surface area contributed by atoms with Gasteiger partial charge in [0.05, 0.1) is 6.61 Å². The van der Waals surface area contributed by atoms with Crippen LogP contribution in [0.1, 0.15) is 51.4 Å². The normalized spacial score (nSPS) is 16.6. The Morgan fingerprint density at radius 3 is 2.60 bits per heavy atom. The maximum absolute atomic E-state index is 11.6. The summed E-state index contributed by atoms with van der Waals surface area (Å²) in [6.45, 7) is 3.98. The van der Waals surface area contributed by atoms with Gasteiger partial charge in [-0.1, -0.05) is 18.9 Å². The van der Waals surface area contributed by atoms with Crippen molar-refractivity contribution in [2.75, 3.05) is 6.61 Å². The molecule has 0 aromatic carbocycles. The lowest BCUT2D eigenvalue weighted by Crippen LogP contribution is -2.45. The molecular weight excluding hydrogens is 258 g/mol. The lowest BCUT2D eigenvalue weighted by molar-refractivity contribution is -0.140. The zero-order valence-corrected chi connectivity index (χ0v) is 12.0. The van der Waals surface area contributed by atoms with Crippen molar-refractivity contribution in [1.82, 2.24) is 5.32 Å². The lowest BCUT2D eigenvalue weighted by atomic mass is 9.98. The Bertz CT molecular complexity index is 324. The molecule has 0 bridgehead atoms. The molecule has 20 heavy (non-hydrogen) atoms. The first kappa shape index (κ1) is 16.5. The number of hydrogen-bond acceptors (Lipinski definition) is 3. The van der Waals surface area contributed by atoms with E-state index in [0.29, 0.717) is 6.61 Å². The van der Waals surface area contributed by atoms with Gasteiger partial charge in [0.15, 0.2) is 0 Å². The summed E-state index contributed by atoms with van der Waals surface area (Å²) in [7, 11) is 0. The van der Waals surface area contributed by atoms with Crippen LogP contribution in [0.5, 0.6) is 0 Å². The van der Waals surface area contributed by atoms with E-state index in [1.165, 1.54) is 0 Å². The van der Waals surface area contributed by atoms with Gasteiger partial charge in [0.1, 0.15) is 6.04 Å². The van der Waals surface area contributed by atoms with Crippen molar-refractivity contribution in [2.24, 2.45) is 5.92 Å². The van der Waals surface area contributed by atoms with Crippen LogP contribution in [-0.4, -0.2) is 29.8 Å². The summed E-state index contributed by atoms with van der Waals surface area (Å²) in [5, 5.41) is 11.7. The predicted octanol–water partition coefficient (Wildman–Crippen LogP) is 3.10. The number of carboxylic acids is 1. The van der Waals surface area contributed by atoms with Gasteiger partial charge >= 0.3 is 12.1 Å². The molecule has 1 unspecified atom stereocenters. The largest absolute Gasteiger partial charge is 0.480 e. The van der Waals surface area contributed by atoms with Crippen LogP contribution in [0.4, 0.5) is 4.79 Å². The van der Waals surface area contributed by atoms with Crippen molar-refractivity contribution in [3.8, 4) is 0 Å². The molecular formula is C15H25NO4. The Morgan fingerprint density at radius 1 is 1.30 bits per heavy atom. The van der Waals surface area contributed by atoms with Crippen LogP contribution in [0.3, 0.4) is 0 Å². The number of carboxylic acid groups (broad SMARTS) is 1. The van der Waals surface area contributed by atoms with Crippen molar-refractivity contribution in [2.45, 2.75) is 57.4 Å². The molecule has 1 atom stereocenters. The van der Waals surface area contributed by atoms with Gasteiger partial charge < -0.3 is 15.2 Å². The quantitative estimate of drug-likeness (QED) is 0.503. The number of ether oxygens (including phenoxy) is 1. The van der Waals surface area contributed by atoms with E-state index < -0.39 is 18.1 Å². The van der Waals surface area contributed by atoms with Gasteiger partial charge in [-0.05, 0) is 44.4 Å². The van der Waals surface area contributed by atoms with Crippen LogP contribution in [0.25, 0.3) is 0 Å². The maximum atomic E-state index is 11.6. The molecule has 0 heterocycles. The fraction of sp³-hybridized carbons (Fsp3) is 0.733. The van der Waals surface area contributed by atoms with Gasteiger partial charge in [-0.2, -0.15) is 0 Å². The summed E-state index contributed by atoms with van der Waals surface area (Å²) in [4.78, 5) is 22.8. The third kappa shape index (κ3) is 6.08. The number of unbranched alkanes of at least 4 members (excludes halogenated alkanes) is 3. The monoisotopic (exact) mass is 283 g/mol. The first-order valence-electron chi connectivity index (χ1n) is 7.42. The van der Waals surface area contributed by atoms with Crippen molar-refractivity contribution < 1.29 is 19.4 Å². The molecule has 1 aliphatic rings. The summed E-state index contributed by atoms with van der Waals surface area (Å²) in [5.41, 5.74) is 0. The number of alkyl carbamates (subject to hydrolysis) is 1. The van der Waals surface area contributed by atoms with E-state index in [1.807, 2.05) is 6.08 Å². The smallest absolute Gasteiger partial charge is 0.407 e. The molecule has 1 rings (SSSR count). The van der Waals surface area contributed by atoms with Crippen LogP contribution in [-0.2, 0) is 9.53 Å². The minimum absolute atomic E-state index is 0.0349. The Morgan fingerprint density at radius 2 is 2.00 bits per heavy atom. The molecule has 5 heteroatoms. The van der Waals surface area contributed by atoms with E-state index >= 15 is 0 Å². The number of aliphatic carboxylic acids is 1. The number of amides is 1. The zero-order valence-electron chi connectivity index (χ0n) is 12.0. The second kappa shape index (κ2) is 9.39. The van der Waals surface area contributed by atoms with Crippen LogP contribution in [0.2, 0.25) is 0 Å². The fourth-order valence-corrected chi connectivity index (χ4v) is 2.57. The Balaban J connectivity index is 2.21. The molecule has 0 spiro atoms. The van der Waals surface area contributed by atoms with Crippen LogP contribution < -0.4 is 5.32 Å². The highest BCUT2D eigenvalue weighted by Crippen LogP contribution is 2.27. The van der Waals surface area contributed by atoms with E-state index in [9.17, 15) is 14.7 Å². The first-order chi connectivity index (χ1) is 9.65. The molecule has 1 aliphatic carbocycles. The molecule has 0 saturated heterocycles. The standard InChI is InChI=1S/C15H25NO4/c1-2-3-4-5-8-11-20-15(19)16-13(14(17)18)12-9-6-7-10-12/h2,12-13H,1,3-11H2,(H,16,19)(H,17,18). The number of hydrogen-bond donors (Lipinski definition) is 2. The minimum atomic E-state index is -0.972. The molecule has 1 saturated carbocycles. The van der Waals surface area contributed by atoms with Gasteiger partial charge in [-0.25, -0.2) is 9.59 Å². The SMILES string of the molecule is C=CCCCCCOC(=O)NC(C(=O)O)C1CCCC1. The highest BCUT2D eigenvalue weighted by molar-refractivity contribution is 5.80. The lowest BCUT2D eigenvalue weighted by Gasteiger charge is -2.20. The Kier molecular flexibility index (Phi) is 7.77. The number of rotatable bonds is 9. The molecule has 0 aromatic heterocycles. The molecule has 0 aromatic rings. The van der Waals surface area contributed by atoms with Gasteiger partial charge in [-0.15, -0.1) is 6.58 Å². The zero-order chi connectivity index (χ0) is 14.8. The second-order valence-electron chi connectivity index (χ2n) is 5.28. The van der Waals surface area contributed by atoms with Crippen molar-refractivity contribution in [3.63, 3.8) is 0 Å². The van der Waals surface area contributed by atoms with E-state index in [1.54, 1.807) is 0 Å². The Hall–Kier alpha value is -1.52. The van der Waals surface area contributed by atoms with Gasteiger partial charge in [0, 0.05) is 0 Å². The van der Waals surface area contributed by atoms with Gasteiger partial charge in [0.2, 0.25) is 0 Å². The molecule has 114 valence electrons. The molecule has 0 aliphatic heterocycles. The summed E-state index contributed by atoms with van der Waals surface area (Å²) in [6.07, 6.45) is 8.82. The summed E-state index contributed by atoms with van der Waals surface area (Å²) >= 11 is 0. The topological polar surface area (TPSA) is 75.6 Å². The highest BCUT2D eigenvalue weighted by Gasteiger charge is 2.32. The van der Waals surface area contributed by atoms with Crippen molar-refractivity contribution in [3.05, 3.63) is 12.7 Å². The number of carbonyl (C=O) groups is 2. The molecule has 5 nitrogen and oxygen atoms in total. The van der Waals surface area contributed by atoms with Crippen LogP contribution in [0.15, 0.2) is 12.7 Å². The van der Waals surface area contributed by atoms with E-state index in [4.69, 9.17) is 4.74 Å². The maximum Gasteiger partial charge on any atom is 0.407 e. The summed E-state index contributed by atoms with van der Waals surface area (Å²) in [5.74, 6) is -0.938. The molecule has 0 radical (unpaired) electrons. The number of nitrogens with one attached hydrogen (secondary N) is 1. The molecule has 1 amide bonds. The third-order valence-corrected chi connectivity index (χ3v) is 3.70. The van der Waals surface area contributed by atoms with Crippen LogP contribution >= 0.6 is 0 Å². The predicted molar refractivity (Wildman–Crippen MR) is 76.5 cm³/mol. The van der Waals surface area contributed by atoms with Crippen molar-refractivity contribution in [1.29, 1.82) is 0 Å².